The lowest BCUT2D eigenvalue weighted by Crippen LogP contribution is -2.46. The molecule has 0 bridgehead atoms. The summed E-state index contributed by atoms with van der Waals surface area (Å²) in [6, 6.07) is 7.87. The van der Waals surface area contributed by atoms with Gasteiger partial charge in [-0.25, -0.2) is 17.2 Å². The molecule has 1 aromatic carbocycles. The van der Waals surface area contributed by atoms with Crippen molar-refractivity contribution in [2.75, 3.05) is 5.75 Å². The number of nitriles is 1. The molecule has 9 heteroatoms. The van der Waals surface area contributed by atoms with E-state index in [0.29, 0.717) is 5.56 Å². The highest BCUT2D eigenvalue weighted by Crippen LogP contribution is 2.28. The number of rotatable bonds is 7. The number of carbonyl (C=O) groups excluding carboxylic acids is 1. The van der Waals surface area contributed by atoms with Crippen molar-refractivity contribution in [2.45, 2.75) is 37.5 Å². The van der Waals surface area contributed by atoms with Crippen LogP contribution in [-0.2, 0) is 21.8 Å². The lowest BCUT2D eigenvalue weighted by molar-refractivity contribution is 0.0988. The molecule has 1 atom stereocenters. The van der Waals surface area contributed by atoms with Crippen LogP contribution >= 0.6 is 0 Å². The van der Waals surface area contributed by atoms with E-state index in [9.17, 15) is 22.0 Å². The van der Waals surface area contributed by atoms with Gasteiger partial charge in [0, 0.05) is 12.0 Å². The Kier molecular flexibility index (Phi) is 6.21. The van der Waals surface area contributed by atoms with Gasteiger partial charge in [-0.15, -0.1) is 0 Å². The van der Waals surface area contributed by atoms with E-state index in [0.717, 1.165) is 18.3 Å². The minimum Gasteiger partial charge on any atom is -0.321 e. The maximum Gasteiger partial charge on any atom is 0.185 e. The van der Waals surface area contributed by atoms with Crippen molar-refractivity contribution in [3.8, 4) is 6.07 Å². The van der Waals surface area contributed by atoms with E-state index in [-0.39, 0.29) is 17.7 Å². The molecule has 29 heavy (non-hydrogen) atoms. The van der Waals surface area contributed by atoms with Crippen LogP contribution in [0.1, 0.15) is 42.4 Å². The summed E-state index contributed by atoms with van der Waals surface area (Å²) in [5, 5.41) is 9.11. The van der Waals surface area contributed by atoms with Crippen LogP contribution in [0.2, 0.25) is 0 Å². The highest BCUT2D eigenvalue weighted by atomic mass is 32.2. The van der Waals surface area contributed by atoms with Crippen LogP contribution < -0.4 is 5.73 Å². The number of ketones is 1. The molecule has 0 saturated carbocycles. The molecule has 6 nitrogen and oxygen atoms in total. The monoisotopic (exact) mass is 421 g/mol. The number of aromatic nitrogens is 1. The number of benzene rings is 1. The number of hydrogen-bond acceptors (Lipinski definition) is 6. The third kappa shape index (κ3) is 5.02. The molecular formula is C20H21F2N3O3S. The zero-order valence-electron chi connectivity index (χ0n) is 16.2. The number of hydrogen-bond donors (Lipinski definition) is 1. The molecule has 0 amide bonds. The molecule has 2 rings (SSSR count). The maximum absolute atomic E-state index is 14.4. The molecule has 2 aromatic rings. The van der Waals surface area contributed by atoms with Gasteiger partial charge in [0.2, 0.25) is 0 Å². The first-order valence-electron chi connectivity index (χ1n) is 8.65. The van der Waals surface area contributed by atoms with Crippen LogP contribution in [0.3, 0.4) is 0 Å². The zero-order valence-corrected chi connectivity index (χ0v) is 17.1. The first kappa shape index (κ1) is 22.6. The summed E-state index contributed by atoms with van der Waals surface area (Å²) >= 11 is 0. The molecule has 0 spiro atoms. The standard InChI is InChI=1S/C20H21F2N3O3S/c1-19(2,11-23)29(27,28)12-20(3,24)15-8-13(4-6-16(15)22)9-18(26)17-7-5-14(21)10-25-17/h4-8,10H,9,12,24H2,1-3H3/t20-/m0/s1. The highest BCUT2D eigenvalue weighted by molar-refractivity contribution is 7.93. The Bertz CT molecular complexity index is 1070. The number of carbonyl (C=O) groups is 1. The van der Waals surface area contributed by atoms with Gasteiger partial charge in [0.1, 0.15) is 17.3 Å². The summed E-state index contributed by atoms with van der Waals surface area (Å²) < 4.78 is 50.8. The van der Waals surface area contributed by atoms with Gasteiger partial charge in [0.25, 0.3) is 0 Å². The van der Waals surface area contributed by atoms with Crippen molar-refractivity contribution >= 4 is 15.6 Å². The molecule has 0 aliphatic rings. The molecule has 0 fully saturated rings. The van der Waals surface area contributed by atoms with E-state index in [4.69, 9.17) is 11.0 Å². The van der Waals surface area contributed by atoms with Crippen LogP contribution in [0.4, 0.5) is 8.78 Å². The molecule has 2 N–H and O–H groups in total. The predicted molar refractivity (Wildman–Crippen MR) is 104 cm³/mol. The van der Waals surface area contributed by atoms with E-state index >= 15 is 0 Å². The molecule has 0 aliphatic heterocycles. The number of nitrogens with two attached hydrogens (primary N) is 1. The first-order chi connectivity index (χ1) is 13.3. The fourth-order valence-corrected chi connectivity index (χ4v) is 4.10. The molecule has 1 heterocycles. The summed E-state index contributed by atoms with van der Waals surface area (Å²) in [4.78, 5) is 16.0. The number of nitrogens with zero attached hydrogens (tertiary/aromatic N) is 2. The summed E-state index contributed by atoms with van der Waals surface area (Å²) in [6.45, 7) is 3.85. The molecule has 1 aromatic heterocycles. The van der Waals surface area contributed by atoms with Gasteiger partial charge in [-0.3, -0.25) is 9.78 Å². The Morgan fingerprint density at radius 3 is 2.41 bits per heavy atom. The average molecular weight is 421 g/mol. The van der Waals surface area contributed by atoms with E-state index in [2.05, 4.69) is 4.98 Å². The van der Waals surface area contributed by atoms with E-state index in [1.807, 2.05) is 0 Å². The Morgan fingerprint density at radius 2 is 1.86 bits per heavy atom. The Morgan fingerprint density at radius 1 is 1.21 bits per heavy atom. The number of Topliss-reactive ketones (excluding diaryl/α,β-unsaturated/α-hetero) is 1. The molecular weight excluding hydrogens is 400 g/mol. The van der Waals surface area contributed by atoms with Gasteiger partial charge in [0.15, 0.2) is 20.4 Å². The first-order valence-corrected chi connectivity index (χ1v) is 10.3. The lowest BCUT2D eigenvalue weighted by Gasteiger charge is -2.29. The van der Waals surface area contributed by atoms with Crippen molar-refractivity contribution in [1.29, 1.82) is 5.26 Å². The number of sulfone groups is 1. The normalized spacial score (nSPS) is 14.1. The lowest BCUT2D eigenvalue weighted by atomic mass is 9.92. The zero-order chi connectivity index (χ0) is 22.0. The summed E-state index contributed by atoms with van der Waals surface area (Å²) in [7, 11) is -3.98. The molecule has 0 radical (unpaired) electrons. The molecule has 0 aliphatic carbocycles. The van der Waals surface area contributed by atoms with E-state index < -0.39 is 43.3 Å². The van der Waals surface area contributed by atoms with Crippen molar-refractivity contribution in [1.82, 2.24) is 4.98 Å². The SMILES string of the molecule is CC(C)(C#N)S(=O)(=O)C[C@](C)(N)c1cc(CC(=O)c2ccc(F)cn2)ccc1F. The van der Waals surface area contributed by atoms with Crippen LogP contribution in [0.25, 0.3) is 0 Å². The largest absolute Gasteiger partial charge is 0.321 e. The Hall–Kier alpha value is -2.70. The smallest absolute Gasteiger partial charge is 0.185 e. The van der Waals surface area contributed by atoms with Crippen molar-refractivity contribution < 1.29 is 22.0 Å². The quantitative estimate of drug-likeness (QED) is 0.688. The summed E-state index contributed by atoms with van der Waals surface area (Å²) in [5.41, 5.74) is 4.85. The van der Waals surface area contributed by atoms with Crippen molar-refractivity contribution in [3.05, 3.63) is 65.0 Å². The topological polar surface area (TPSA) is 114 Å². The Balaban J connectivity index is 2.33. The second-order valence-electron chi connectivity index (χ2n) is 7.57. The van der Waals surface area contributed by atoms with Gasteiger partial charge in [-0.05, 0) is 44.5 Å². The maximum atomic E-state index is 14.4. The van der Waals surface area contributed by atoms with Crippen LogP contribution in [-0.4, -0.2) is 29.7 Å². The van der Waals surface area contributed by atoms with Gasteiger partial charge < -0.3 is 5.73 Å². The van der Waals surface area contributed by atoms with Gasteiger partial charge in [-0.2, -0.15) is 5.26 Å². The van der Waals surface area contributed by atoms with E-state index in [1.54, 1.807) is 6.07 Å². The molecule has 0 saturated heterocycles. The predicted octanol–water partition coefficient (Wildman–Crippen LogP) is 2.68. The van der Waals surface area contributed by atoms with E-state index in [1.165, 1.54) is 39.0 Å². The third-order valence-electron chi connectivity index (χ3n) is 4.56. The van der Waals surface area contributed by atoms with Crippen molar-refractivity contribution in [3.63, 3.8) is 0 Å². The minimum absolute atomic E-state index is 0.0473. The van der Waals surface area contributed by atoms with Gasteiger partial charge in [0.05, 0.1) is 23.6 Å². The minimum atomic E-state index is -3.98. The van der Waals surface area contributed by atoms with Crippen LogP contribution in [0.5, 0.6) is 0 Å². The molecule has 154 valence electrons. The van der Waals surface area contributed by atoms with Crippen LogP contribution in [0.15, 0.2) is 36.5 Å². The summed E-state index contributed by atoms with van der Waals surface area (Å²) in [5.74, 6) is -2.38. The average Bonchev–Trinajstić information content (AvgIpc) is 2.62. The fourth-order valence-electron chi connectivity index (χ4n) is 2.66. The second kappa shape index (κ2) is 7.97. The number of pyridine rings is 1. The highest BCUT2D eigenvalue weighted by Gasteiger charge is 2.40. The van der Waals surface area contributed by atoms with Crippen molar-refractivity contribution in [2.24, 2.45) is 5.73 Å². The van der Waals surface area contributed by atoms with Gasteiger partial charge >= 0.3 is 0 Å². The Labute approximate surface area is 168 Å². The second-order valence-corrected chi connectivity index (χ2v) is 10.1. The third-order valence-corrected chi connectivity index (χ3v) is 7.19. The fraction of sp³-hybridized carbons (Fsp3) is 0.350. The van der Waals surface area contributed by atoms with Crippen LogP contribution in [0, 0.1) is 23.0 Å². The summed E-state index contributed by atoms with van der Waals surface area (Å²) in [6.07, 6.45) is 0.764. The van der Waals surface area contributed by atoms with Gasteiger partial charge in [-0.1, -0.05) is 12.1 Å². The molecule has 0 unspecified atom stereocenters. The number of halogens is 2.